The lowest BCUT2D eigenvalue weighted by Gasteiger charge is -2.27. The average Bonchev–Trinajstić information content (AvgIpc) is 3.64. The Labute approximate surface area is 247 Å². The fourth-order valence-electron chi connectivity index (χ4n) is 4.41. The number of primary amides is 1. The van der Waals surface area contributed by atoms with Crippen LogP contribution in [0, 0.1) is 5.41 Å². The number of hydrogen-bond donors (Lipinski definition) is 5. The van der Waals surface area contributed by atoms with E-state index in [0.717, 1.165) is 5.39 Å². The third-order valence-corrected chi connectivity index (χ3v) is 7.89. The Balaban J connectivity index is 1.54. The fraction of sp³-hybridized carbons (Fsp3) is 0.310. The molecule has 43 heavy (non-hydrogen) atoms. The van der Waals surface area contributed by atoms with Gasteiger partial charge in [-0.2, -0.15) is 0 Å². The predicted octanol–water partition coefficient (Wildman–Crippen LogP) is 2.38. The second-order valence-corrected chi connectivity index (χ2v) is 12.8. The molecule has 2 heterocycles. The van der Waals surface area contributed by atoms with Crippen molar-refractivity contribution in [2.75, 3.05) is 6.61 Å². The number of furan rings is 1. The van der Waals surface area contributed by atoms with Crippen molar-refractivity contribution in [1.29, 1.82) is 0 Å². The Hall–Kier alpha value is -4.53. The summed E-state index contributed by atoms with van der Waals surface area (Å²) in [6.07, 6.45) is 2.81. The van der Waals surface area contributed by atoms with E-state index in [9.17, 15) is 27.9 Å². The number of nitrogens with two attached hydrogens (primary N) is 1. The molecule has 3 amide bonds. The van der Waals surface area contributed by atoms with E-state index in [1.807, 2.05) is 20.8 Å². The van der Waals surface area contributed by atoms with Crippen molar-refractivity contribution in [2.24, 2.45) is 11.1 Å². The molecule has 0 saturated heterocycles. The van der Waals surface area contributed by atoms with Crippen LogP contribution in [0.25, 0.3) is 10.8 Å². The topological polar surface area (TPSA) is 207 Å². The Morgan fingerprint density at radius 1 is 1.05 bits per heavy atom. The lowest BCUT2D eigenvalue weighted by molar-refractivity contribution is -0.125. The van der Waals surface area contributed by atoms with E-state index in [0.29, 0.717) is 5.39 Å². The number of aliphatic hydroxyl groups is 1. The van der Waals surface area contributed by atoms with E-state index >= 15 is 0 Å². The van der Waals surface area contributed by atoms with Gasteiger partial charge in [0.1, 0.15) is 18.3 Å². The molecule has 2 aromatic heterocycles. The Bertz CT molecular complexity index is 1720. The van der Waals surface area contributed by atoms with Crippen LogP contribution in [0.4, 0.5) is 0 Å². The molecule has 4 aromatic rings. The normalized spacial score (nSPS) is 13.4. The molecule has 0 unspecified atom stereocenters. The minimum atomic E-state index is -4.08. The number of nitrogens with zero attached hydrogens (tertiary/aromatic N) is 1. The first kappa shape index (κ1) is 31.4. The van der Waals surface area contributed by atoms with Gasteiger partial charge >= 0.3 is 0 Å². The molecule has 14 heteroatoms. The number of hydrogen-bond acceptors (Lipinski definition) is 9. The van der Waals surface area contributed by atoms with Crippen LogP contribution < -0.4 is 21.1 Å². The predicted molar refractivity (Wildman–Crippen MR) is 155 cm³/mol. The van der Waals surface area contributed by atoms with Crippen molar-refractivity contribution < 1.29 is 36.7 Å². The second-order valence-electron chi connectivity index (χ2n) is 11.0. The van der Waals surface area contributed by atoms with Gasteiger partial charge in [-0.25, -0.2) is 18.1 Å². The van der Waals surface area contributed by atoms with Gasteiger partial charge in [-0.15, -0.1) is 0 Å². The summed E-state index contributed by atoms with van der Waals surface area (Å²) in [5.74, 6) is -2.68. The lowest BCUT2D eigenvalue weighted by Crippen LogP contribution is -2.49. The average molecular weight is 612 g/mol. The first-order valence-electron chi connectivity index (χ1n) is 13.3. The maximum absolute atomic E-state index is 13.3. The largest absolute Gasteiger partial charge is 0.472 e. The van der Waals surface area contributed by atoms with E-state index in [-0.39, 0.29) is 39.6 Å². The molecule has 0 radical (unpaired) electrons. The Kier molecular flexibility index (Phi) is 9.33. The molecule has 4 rings (SSSR count). The molecule has 13 nitrogen and oxygen atoms in total. The van der Waals surface area contributed by atoms with Crippen LogP contribution in [0.15, 0.2) is 74.8 Å². The van der Waals surface area contributed by atoms with E-state index in [4.69, 9.17) is 14.6 Å². The van der Waals surface area contributed by atoms with Crippen molar-refractivity contribution in [2.45, 2.75) is 50.7 Å². The summed E-state index contributed by atoms with van der Waals surface area (Å²) >= 11 is 0. The number of nitrogens with one attached hydrogen (secondary N) is 3. The molecule has 0 spiro atoms. The number of fused-ring (bicyclic) bond motifs is 1. The van der Waals surface area contributed by atoms with E-state index < -0.39 is 53.0 Å². The van der Waals surface area contributed by atoms with E-state index in [1.54, 1.807) is 36.4 Å². The van der Waals surface area contributed by atoms with Crippen LogP contribution in [-0.2, 0) is 21.4 Å². The molecule has 0 fully saturated rings. The zero-order chi connectivity index (χ0) is 31.4. The smallest absolute Gasteiger partial charge is 0.271 e. The summed E-state index contributed by atoms with van der Waals surface area (Å²) < 4.78 is 39.3. The quantitative estimate of drug-likeness (QED) is 0.159. The first-order chi connectivity index (χ1) is 20.3. The van der Waals surface area contributed by atoms with Gasteiger partial charge in [0.15, 0.2) is 11.5 Å². The van der Waals surface area contributed by atoms with Crippen molar-refractivity contribution in [3.8, 4) is 0 Å². The monoisotopic (exact) mass is 611 g/mol. The molecule has 2 aromatic carbocycles. The number of sulfonamides is 1. The molecule has 0 saturated carbocycles. The van der Waals surface area contributed by atoms with Gasteiger partial charge in [-0.1, -0.05) is 57.2 Å². The van der Waals surface area contributed by atoms with Crippen LogP contribution in [-0.4, -0.2) is 48.9 Å². The minimum Gasteiger partial charge on any atom is -0.472 e. The van der Waals surface area contributed by atoms with Gasteiger partial charge in [-0.3, -0.25) is 14.4 Å². The van der Waals surface area contributed by atoms with Crippen LogP contribution in [0.5, 0.6) is 0 Å². The molecule has 0 aliphatic carbocycles. The van der Waals surface area contributed by atoms with Gasteiger partial charge in [0.25, 0.3) is 11.8 Å². The number of oxazole rings is 1. The number of carbonyl (C=O) groups is 3. The Morgan fingerprint density at radius 3 is 2.42 bits per heavy atom. The number of aromatic nitrogens is 1. The summed E-state index contributed by atoms with van der Waals surface area (Å²) in [5.41, 5.74) is 4.94. The van der Waals surface area contributed by atoms with E-state index in [1.165, 1.54) is 24.7 Å². The van der Waals surface area contributed by atoms with Gasteiger partial charge in [0.2, 0.25) is 21.8 Å². The number of aliphatic hydroxyl groups excluding tert-OH is 1. The summed E-state index contributed by atoms with van der Waals surface area (Å²) in [6.45, 7) is 4.48. The van der Waals surface area contributed by atoms with Gasteiger partial charge in [-0.05, 0) is 29.4 Å². The molecular weight excluding hydrogens is 578 g/mol. The maximum Gasteiger partial charge on any atom is 0.271 e. The third-order valence-electron chi connectivity index (χ3n) is 6.43. The summed E-state index contributed by atoms with van der Waals surface area (Å²) in [6, 6.07) is 11.0. The SMILES string of the molecule is CC(C)(C)C[C@H](NC(=O)c1ccoc1)C(=O)N[C@@H](CO)c1nc(C(N)=O)c(CNS(=O)(=O)c2cccc3ccccc23)o1. The zero-order valence-corrected chi connectivity index (χ0v) is 24.6. The highest BCUT2D eigenvalue weighted by Gasteiger charge is 2.31. The number of amides is 3. The molecule has 6 N–H and O–H groups in total. The Morgan fingerprint density at radius 2 is 1.77 bits per heavy atom. The van der Waals surface area contributed by atoms with Gasteiger partial charge in [0.05, 0.1) is 29.9 Å². The highest BCUT2D eigenvalue weighted by atomic mass is 32.2. The van der Waals surface area contributed by atoms with E-state index in [2.05, 4.69) is 20.3 Å². The molecule has 228 valence electrons. The number of rotatable bonds is 12. The third kappa shape index (κ3) is 7.66. The van der Waals surface area contributed by atoms with Crippen LogP contribution >= 0.6 is 0 Å². The molecule has 2 atom stereocenters. The standard InChI is InChI=1S/C29H33N5O8S/c1-29(2,3)13-20(32-26(37)18-11-12-41-16-18)27(38)33-21(15-35)28-34-24(25(30)36)22(42-28)14-31-43(39,40)23-10-6-8-17-7-4-5-9-19(17)23/h4-12,16,20-21,31,35H,13-15H2,1-3H3,(H2,30,36)(H,32,37)(H,33,38)/t20-,21-/m0/s1. The molecule has 0 aliphatic heterocycles. The summed E-state index contributed by atoms with van der Waals surface area (Å²) in [5, 5.41) is 16.5. The molecule has 0 bridgehead atoms. The highest BCUT2D eigenvalue weighted by Crippen LogP contribution is 2.25. The molecular formula is C29H33N5O8S. The van der Waals surface area contributed by atoms with Gasteiger partial charge in [0, 0.05) is 5.39 Å². The lowest BCUT2D eigenvalue weighted by atomic mass is 9.87. The minimum absolute atomic E-state index is 0.0221. The van der Waals surface area contributed by atoms with Crippen LogP contribution in [0.2, 0.25) is 0 Å². The maximum atomic E-state index is 13.3. The van der Waals surface area contributed by atoms with Crippen molar-refractivity contribution >= 4 is 38.5 Å². The first-order valence-corrected chi connectivity index (χ1v) is 14.8. The van der Waals surface area contributed by atoms with Crippen molar-refractivity contribution in [1.82, 2.24) is 20.3 Å². The summed E-state index contributed by atoms with van der Waals surface area (Å²) in [7, 11) is -4.08. The van der Waals surface area contributed by atoms with Gasteiger partial charge < -0.3 is 30.3 Å². The van der Waals surface area contributed by atoms with Crippen LogP contribution in [0.1, 0.15) is 65.7 Å². The highest BCUT2D eigenvalue weighted by molar-refractivity contribution is 7.89. The number of carbonyl (C=O) groups excluding carboxylic acids is 3. The van der Waals surface area contributed by atoms with Crippen LogP contribution in [0.3, 0.4) is 0 Å². The molecule has 0 aliphatic rings. The number of benzene rings is 2. The fourth-order valence-corrected chi connectivity index (χ4v) is 5.62. The second kappa shape index (κ2) is 12.8. The van der Waals surface area contributed by atoms with Crippen molar-refractivity contribution in [3.05, 3.63) is 84.0 Å². The summed E-state index contributed by atoms with van der Waals surface area (Å²) in [4.78, 5) is 42.2. The zero-order valence-electron chi connectivity index (χ0n) is 23.8. The van der Waals surface area contributed by atoms with Crippen molar-refractivity contribution in [3.63, 3.8) is 0 Å².